The van der Waals surface area contributed by atoms with Crippen molar-refractivity contribution in [2.45, 2.75) is 19.5 Å². The summed E-state index contributed by atoms with van der Waals surface area (Å²) in [6.07, 6.45) is 2.17. The van der Waals surface area contributed by atoms with Crippen molar-refractivity contribution in [1.29, 1.82) is 0 Å². The monoisotopic (exact) mass is 515 g/mol. The highest BCUT2D eigenvalue weighted by Crippen LogP contribution is 2.22. The molecule has 2 aromatic carbocycles. The fraction of sp³-hybridized carbons (Fsp3) is 0.217. The van der Waals surface area contributed by atoms with Crippen molar-refractivity contribution in [3.05, 3.63) is 96.5 Å². The van der Waals surface area contributed by atoms with Crippen LogP contribution < -0.4 is 27.2 Å². The predicted octanol–water partition coefficient (Wildman–Crippen LogP) is 2.78. The first-order valence-corrected chi connectivity index (χ1v) is 11.4. The average molecular weight is 516 g/mol. The molecule has 0 saturated heterocycles. The van der Waals surface area contributed by atoms with Crippen LogP contribution in [0.5, 0.6) is 5.75 Å². The predicted molar refractivity (Wildman–Crippen MR) is 136 cm³/mol. The molecule has 0 amide bonds. The van der Waals surface area contributed by atoms with Crippen LogP contribution in [0.25, 0.3) is 0 Å². The molecule has 0 aliphatic rings. The number of aromatic amines is 1. The molecule has 2 aromatic heterocycles. The van der Waals surface area contributed by atoms with Gasteiger partial charge in [-0.3, -0.25) is 4.57 Å². The number of nitrogen functional groups attached to an aromatic ring is 1. The van der Waals surface area contributed by atoms with Gasteiger partial charge in [0.15, 0.2) is 5.95 Å². The molecule has 10 nitrogen and oxygen atoms in total. The largest absolute Gasteiger partial charge is 0.497 e. The van der Waals surface area contributed by atoms with Crippen LogP contribution in [0.4, 0.5) is 11.9 Å². The quantitative estimate of drug-likeness (QED) is 0.312. The highest BCUT2D eigenvalue weighted by molar-refractivity contribution is 6.42. The van der Waals surface area contributed by atoms with E-state index in [0.29, 0.717) is 40.3 Å². The molecule has 0 radical (unpaired) electrons. The molecule has 35 heavy (non-hydrogen) atoms. The van der Waals surface area contributed by atoms with Gasteiger partial charge < -0.3 is 20.8 Å². The van der Waals surface area contributed by atoms with E-state index in [2.05, 4.69) is 20.3 Å². The van der Waals surface area contributed by atoms with Crippen molar-refractivity contribution >= 4 is 35.1 Å². The molecule has 0 bridgehead atoms. The number of H-pyrrole nitrogens is 1. The van der Waals surface area contributed by atoms with Crippen LogP contribution in [-0.4, -0.2) is 37.7 Å². The third-order valence-corrected chi connectivity index (χ3v) is 6.04. The van der Waals surface area contributed by atoms with Crippen molar-refractivity contribution in [1.82, 2.24) is 24.1 Å². The number of hydrogen-bond acceptors (Lipinski definition) is 7. The number of methoxy groups -OCH3 is 1. The van der Waals surface area contributed by atoms with E-state index in [1.54, 1.807) is 43.6 Å². The normalized spacial score (nSPS) is 10.9. The van der Waals surface area contributed by atoms with Gasteiger partial charge in [-0.05, 0) is 35.4 Å². The van der Waals surface area contributed by atoms with Crippen LogP contribution in [-0.2, 0) is 19.5 Å². The third kappa shape index (κ3) is 5.84. The van der Waals surface area contributed by atoms with Gasteiger partial charge in [0, 0.05) is 18.7 Å². The molecule has 4 N–H and O–H groups in total. The number of nitrogens with two attached hydrogens (primary N) is 1. The maximum Gasteiger partial charge on any atom is 0.355 e. The summed E-state index contributed by atoms with van der Waals surface area (Å²) >= 11 is 12.1. The zero-order valence-corrected chi connectivity index (χ0v) is 20.3. The molecule has 0 aliphatic heterocycles. The zero-order chi connectivity index (χ0) is 24.9. The van der Waals surface area contributed by atoms with E-state index in [-0.39, 0.29) is 19.0 Å². The molecule has 0 aliphatic carbocycles. The SMILES string of the molecule is COc1ccc(Cn2c(NCCc3cnc(N)[nH]3)nc(=O)n(Cc3ccc(Cl)c(Cl)c3)c2=O)cc1. The van der Waals surface area contributed by atoms with Crippen LogP contribution >= 0.6 is 23.2 Å². The van der Waals surface area contributed by atoms with Gasteiger partial charge in [0.1, 0.15) is 5.75 Å². The summed E-state index contributed by atoms with van der Waals surface area (Å²) in [5, 5.41) is 3.81. The minimum atomic E-state index is -0.680. The smallest absolute Gasteiger partial charge is 0.355 e. The van der Waals surface area contributed by atoms with Gasteiger partial charge in [0.2, 0.25) is 5.95 Å². The Bertz CT molecular complexity index is 1440. The average Bonchev–Trinajstić information content (AvgIpc) is 3.26. The van der Waals surface area contributed by atoms with Crippen molar-refractivity contribution < 1.29 is 4.74 Å². The molecule has 2 heterocycles. The van der Waals surface area contributed by atoms with Gasteiger partial charge in [-0.2, -0.15) is 4.98 Å². The lowest BCUT2D eigenvalue weighted by Crippen LogP contribution is -2.43. The summed E-state index contributed by atoms with van der Waals surface area (Å²) in [6.45, 7) is 0.585. The molecule has 0 fully saturated rings. The van der Waals surface area contributed by atoms with E-state index in [1.165, 1.54) is 4.57 Å². The van der Waals surface area contributed by atoms with Crippen LogP contribution in [0.15, 0.2) is 58.3 Å². The minimum Gasteiger partial charge on any atom is -0.497 e. The molecule has 0 spiro atoms. The van der Waals surface area contributed by atoms with Gasteiger partial charge in [0.25, 0.3) is 0 Å². The number of nitrogens with zero attached hydrogens (tertiary/aromatic N) is 4. The third-order valence-electron chi connectivity index (χ3n) is 5.30. The van der Waals surface area contributed by atoms with Gasteiger partial charge in [-0.25, -0.2) is 19.1 Å². The number of nitrogens with one attached hydrogen (secondary N) is 2. The summed E-state index contributed by atoms with van der Waals surface area (Å²) in [5.41, 5.74) is 6.71. The molecule has 0 atom stereocenters. The molecule has 12 heteroatoms. The number of anilines is 2. The Balaban J connectivity index is 1.67. The Morgan fingerprint density at radius 3 is 2.40 bits per heavy atom. The highest BCUT2D eigenvalue weighted by atomic mass is 35.5. The second-order valence-electron chi connectivity index (χ2n) is 7.74. The number of rotatable bonds is 9. The van der Waals surface area contributed by atoms with Crippen LogP contribution in [0.1, 0.15) is 16.8 Å². The van der Waals surface area contributed by atoms with E-state index in [4.69, 9.17) is 33.7 Å². The Morgan fingerprint density at radius 2 is 1.74 bits per heavy atom. The fourth-order valence-electron chi connectivity index (χ4n) is 3.49. The van der Waals surface area contributed by atoms with E-state index < -0.39 is 11.4 Å². The molecule has 0 unspecified atom stereocenters. The van der Waals surface area contributed by atoms with Gasteiger partial charge in [0.05, 0.1) is 36.4 Å². The molecular formula is C23H23Cl2N7O3. The number of halogens is 2. The van der Waals surface area contributed by atoms with Crippen molar-refractivity contribution in [2.24, 2.45) is 0 Å². The Kier molecular flexibility index (Phi) is 7.42. The van der Waals surface area contributed by atoms with Crippen molar-refractivity contribution in [3.63, 3.8) is 0 Å². The van der Waals surface area contributed by atoms with Gasteiger partial charge in [-0.15, -0.1) is 0 Å². The second kappa shape index (κ2) is 10.7. The zero-order valence-electron chi connectivity index (χ0n) is 18.8. The number of imidazole rings is 1. The topological polar surface area (TPSA) is 133 Å². The lowest BCUT2D eigenvalue weighted by Gasteiger charge is -2.16. The maximum atomic E-state index is 13.5. The molecule has 182 valence electrons. The Labute approximate surface area is 210 Å². The molecule has 4 aromatic rings. The van der Waals surface area contributed by atoms with E-state index in [1.807, 2.05) is 12.1 Å². The molecule has 0 saturated carbocycles. The van der Waals surface area contributed by atoms with Crippen LogP contribution in [0.2, 0.25) is 10.0 Å². The number of benzene rings is 2. The summed E-state index contributed by atoms with van der Waals surface area (Å²) in [7, 11) is 1.58. The molecular weight excluding hydrogens is 493 g/mol. The lowest BCUT2D eigenvalue weighted by atomic mass is 10.2. The first-order valence-electron chi connectivity index (χ1n) is 10.7. The Morgan fingerprint density at radius 1 is 1.03 bits per heavy atom. The standard InChI is InChI=1S/C23H23Cl2N7O3/c1-35-17-5-2-14(3-6-17)12-31-21(27-9-8-16-11-28-20(26)29-16)30-22(33)32(23(31)34)13-15-4-7-18(24)19(25)10-15/h2-7,10-11H,8-9,12-13H2,1H3,(H3,26,28,29)(H,27,30,33). The fourth-order valence-corrected chi connectivity index (χ4v) is 3.81. The summed E-state index contributed by atoms with van der Waals surface area (Å²) in [4.78, 5) is 37.4. The maximum absolute atomic E-state index is 13.5. The van der Waals surface area contributed by atoms with Crippen molar-refractivity contribution in [3.8, 4) is 5.75 Å². The number of hydrogen-bond donors (Lipinski definition) is 3. The first-order chi connectivity index (χ1) is 16.8. The second-order valence-corrected chi connectivity index (χ2v) is 8.55. The first kappa shape index (κ1) is 24.4. The highest BCUT2D eigenvalue weighted by Gasteiger charge is 2.15. The van der Waals surface area contributed by atoms with Crippen molar-refractivity contribution in [2.75, 3.05) is 24.7 Å². The molecule has 4 rings (SSSR count). The summed E-state index contributed by atoms with van der Waals surface area (Å²) < 4.78 is 7.69. The van der Waals surface area contributed by atoms with Gasteiger partial charge in [-0.1, -0.05) is 41.4 Å². The van der Waals surface area contributed by atoms with E-state index in [0.717, 1.165) is 15.8 Å². The minimum absolute atomic E-state index is 0.00211. The van der Waals surface area contributed by atoms with Crippen LogP contribution in [0, 0.1) is 0 Å². The number of ether oxygens (including phenoxy) is 1. The van der Waals surface area contributed by atoms with E-state index >= 15 is 0 Å². The van der Waals surface area contributed by atoms with E-state index in [9.17, 15) is 9.59 Å². The summed E-state index contributed by atoms with van der Waals surface area (Å²) in [6, 6.07) is 12.2. The lowest BCUT2D eigenvalue weighted by molar-refractivity contribution is 0.414. The van der Waals surface area contributed by atoms with Crippen LogP contribution in [0.3, 0.4) is 0 Å². The Hall–Kier alpha value is -3.76. The van der Waals surface area contributed by atoms with Gasteiger partial charge >= 0.3 is 11.4 Å². The number of aromatic nitrogens is 5. The summed E-state index contributed by atoms with van der Waals surface area (Å²) in [5.74, 6) is 1.18.